The first-order valence-electron chi connectivity index (χ1n) is 9.94. The number of amides is 2. The SMILES string of the molecule is CC[C@@H](C)NC(=O)[C@H](C)N(Cc1cccc(Cl)c1)C(=O)COc1ccc(Cl)c(C)c1. The molecule has 0 aromatic heterocycles. The molecule has 2 aromatic carbocycles. The molecule has 0 fully saturated rings. The summed E-state index contributed by atoms with van der Waals surface area (Å²) in [5, 5.41) is 4.14. The van der Waals surface area contributed by atoms with Crippen LogP contribution in [0.15, 0.2) is 42.5 Å². The number of nitrogens with one attached hydrogen (secondary N) is 1. The molecule has 2 amide bonds. The van der Waals surface area contributed by atoms with Crippen molar-refractivity contribution in [3.8, 4) is 5.75 Å². The van der Waals surface area contributed by atoms with Gasteiger partial charge in [0.1, 0.15) is 11.8 Å². The van der Waals surface area contributed by atoms with Crippen molar-refractivity contribution in [1.82, 2.24) is 10.2 Å². The van der Waals surface area contributed by atoms with Crippen LogP contribution >= 0.6 is 23.2 Å². The Morgan fingerprint density at radius 1 is 1.13 bits per heavy atom. The zero-order chi connectivity index (χ0) is 22.3. The number of halogens is 2. The average Bonchev–Trinajstić information content (AvgIpc) is 2.72. The lowest BCUT2D eigenvalue weighted by Crippen LogP contribution is -2.50. The summed E-state index contributed by atoms with van der Waals surface area (Å²) in [7, 11) is 0. The van der Waals surface area contributed by atoms with Crippen molar-refractivity contribution in [1.29, 1.82) is 0 Å². The second kappa shape index (κ2) is 11.2. The summed E-state index contributed by atoms with van der Waals surface area (Å²) < 4.78 is 5.67. The summed E-state index contributed by atoms with van der Waals surface area (Å²) in [6, 6.07) is 11.8. The molecule has 162 valence electrons. The molecule has 0 radical (unpaired) electrons. The number of nitrogens with zero attached hydrogens (tertiary/aromatic N) is 1. The van der Waals surface area contributed by atoms with Crippen LogP contribution in [0.4, 0.5) is 0 Å². The van der Waals surface area contributed by atoms with E-state index in [4.69, 9.17) is 27.9 Å². The van der Waals surface area contributed by atoms with Crippen LogP contribution in [0.2, 0.25) is 10.0 Å². The Balaban J connectivity index is 2.16. The highest BCUT2D eigenvalue weighted by molar-refractivity contribution is 6.31. The van der Waals surface area contributed by atoms with Gasteiger partial charge < -0.3 is 15.0 Å². The van der Waals surface area contributed by atoms with E-state index < -0.39 is 6.04 Å². The van der Waals surface area contributed by atoms with Crippen LogP contribution < -0.4 is 10.1 Å². The average molecular weight is 451 g/mol. The normalized spacial score (nSPS) is 12.7. The molecule has 0 aliphatic rings. The summed E-state index contributed by atoms with van der Waals surface area (Å²) in [6.07, 6.45) is 0.805. The Hall–Kier alpha value is -2.24. The Morgan fingerprint density at radius 2 is 1.87 bits per heavy atom. The number of hydrogen-bond donors (Lipinski definition) is 1. The second-order valence-electron chi connectivity index (χ2n) is 7.35. The van der Waals surface area contributed by atoms with Gasteiger partial charge in [0.15, 0.2) is 6.61 Å². The number of benzene rings is 2. The van der Waals surface area contributed by atoms with E-state index in [1.54, 1.807) is 37.3 Å². The van der Waals surface area contributed by atoms with Gasteiger partial charge in [-0.05, 0) is 68.7 Å². The number of carbonyl (C=O) groups excluding carboxylic acids is 2. The van der Waals surface area contributed by atoms with Gasteiger partial charge in [0.05, 0.1) is 0 Å². The fourth-order valence-electron chi connectivity index (χ4n) is 2.82. The molecule has 0 saturated heterocycles. The number of hydrogen-bond acceptors (Lipinski definition) is 3. The zero-order valence-electron chi connectivity index (χ0n) is 17.7. The maximum Gasteiger partial charge on any atom is 0.261 e. The Kier molecular flexibility index (Phi) is 9.00. The molecule has 0 bridgehead atoms. The van der Waals surface area contributed by atoms with E-state index in [2.05, 4.69) is 5.32 Å². The molecule has 7 heteroatoms. The van der Waals surface area contributed by atoms with Gasteiger partial charge in [0.25, 0.3) is 5.91 Å². The van der Waals surface area contributed by atoms with Gasteiger partial charge in [-0.15, -0.1) is 0 Å². The minimum Gasteiger partial charge on any atom is -0.484 e. The van der Waals surface area contributed by atoms with E-state index in [9.17, 15) is 9.59 Å². The Morgan fingerprint density at radius 3 is 2.50 bits per heavy atom. The molecule has 2 rings (SSSR count). The minimum absolute atomic E-state index is 0.0244. The third kappa shape index (κ3) is 6.92. The van der Waals surface area contributed by atoms with Gasteiger partial charge in [0.2, 0.25) is 5.91 Å². The largest absolute Gasteiger partial charge is 0.484 e. The van der Waals surface area contributed by atoms with Gasteiger partial charge >= 0.3 is 0 Å². The van der Waals surface area contributed by atoms with Gasteiger partial charge in [0, 0.05) is 22.6 Å². The number of carbonyl (C=O) groups is 2. The van der Waals surface area contributed by atoms with Crippen LogP contribution in [0.3, 0.4) is 0 Å². The van der Waals surface area contributed by atoms with Crippen LogP contribution in [-0.4, -0.2) is 35.4 Å². The summed E-state index contributed by atoms with van der Waals surface area (Å²) in [6.45, 7) is 7.56. The Labute approximate surface area is 188 Å². The maximum atomic E-state index is 13.0. The lowest BCUT2D eigenvalue weighted by atomic mass is 10.1. The van der Waals surface area contributed by atoms with Crippen molar-refractivity contribution < 1.29 is 14.3 Å². The van der Waals surface area contributed by atoms with E-state index in [0.29, 0.717) is 15.8 Å². The van der Waals surface area contributed by atoms with Crippen LogP contribution in [0.5, 0.6) is 5.75 Å². The van der Waals surface area contributed by atoms with Crippen LogP contribution in [0.25, 0.3) is 0 Å². The summed E-state index contributed by atoms with van der Waals surface area (Å²) in [5.41, 5.74) is 1.69. The highest BCUT2D eigenvalue weighted by Crippen LogP contribution is 2.21. The van der Waals surface area contributed by atoms with Crippen LogP contribution in [0.1, 0.15) is 38.3 Å². The summed E-state index contributed by atoms with van der Waals surface area (Å²) in [5.74, 6) is 0.0427. The van der Waals surface area contributed by atoms with Crippen molar-refractivity contribution in [3.63, 3.8) is 0 Å². The molecule has 2 aromatic rings. The van der Waals surface area contributed by atoms with Crippen molar-refractivity contribution >= 4 is 35.0 Å². The number of rotatable bonds is 9. The highest BCUT2D eigenvalue weighted by atomic mass is 35.5. The van der Waals surface area contributed by atoms with E-state index in [1.807, 2.05) is 32.9 Å². The zero-order valence-corrected chi connectivity index (χ0v) is 19.3. The monoisotopic (exact) mass is 450 g/mol. The Bertz CT molecular complexity index is 889. The van der Waals surface area contributed by atoms with Gasteiger partial charge in [-0.25, -0.2) is 0 Å². The maximum absolute atomic E-state index is 13.0. The van der Waals surface area contributed by atoms with E-state index in [1.165, 1.54) is 4.90 Å². The van der Waals surface area contributed by atoms with Gasteiger partial charge in [-0.1, -0.05) is 42.3 Å². The lowest BCUT2D eigenvalue weighted by molar-refractivity contribution is -0.142. The van der Waals surface area contributed by atoms with E-state index in [0.717, 1.165) is 17.5 Å². The van der Waals surface area contributed by atoms with E-state index in [-0.39, 0.29) is 31.0 Å². The topological polar surface area (TPSA) is 58.6 Å². The molecule has 2 atom stereocenters. The molecule has 0 saturated carbocycles. The van der Waals surface area contributed by atoms with Crippen molar-refractivity contribution in [2.24, 2.45) is 0 Å². The van der Waals surface area contributed by atoms with E-state index >= 15 is 0 Å². The molecular weight excluding hydrogens is 423 g/mol. The molecule has 0 aliphatic carbocycles. The smallest absolute Gasteiger partial charge is 0.261 e. The molecule has 0 spiro atoms. The molecule has 30 heavy (non-hydrogen) atoms. The fourth-order valence-corrected chi connectivity index (χ4v) is 3.15. The lowest BCUT2D eigenvalue weighted by Gasteiger charge is -2.29. The highest BCUT2D eigenvalue weighted by Gasteiger charge is 2.27. The van der Waals surface area contributed by atoms with Crippen molar-refractivity contribution in [2.75, 3.05) is 6.61 Å². The molecule has 0 heterocycles. The molecule has 1 N–H and O–H groups in total. The molecule has 5 nitrogen and oxygen atoms in total. The molecule has 0 unspecified atom stereocenters. The molecule has 0 aliphatic heterocycles. The third-order valence-corrected chi connectivity index (χ3v) is 5.56. The first kappa shape index (κ1) is 24.0. The predicted molar refractivity (Wildman–Crippen MR) is 121 cm³/mol. The van der Waals surface area contributed by atoms with Gasteiger partial charge in [-0.3, -0.25) is 9.59 Å². The first-order chi connectivity index (χ1) is 14.2. The van der Waals surface area contributed by atoms with Crippen molar-refractivity contribution in [2.45, 2.75) is 52.7 Å². The van der Waals surface area contributed by atoms with Gasteiger partial charge in [-0.2, -0.15) is 0 Å². The van der Waals surface area contributed by atoms with Crippen LogP contribution in [0, 0.1) is 6.92 Å². The molecular formula is C23H28Cl2N2O3. The fraction of sp³-hybridized carbons (Fsp3) is 0.391. The summed E-state index contributed by atoms with van der Waals surface area (Å²) in [4.78, 5) is 27.2. The third-order valence-electron chi connectivity index (χ3n) is 4.90. The van der Waals surface area contributed by atoms with Crippen LogP contribution in [-0.2, 0) is 16.1 Å². The predicted octanol–water partition coefficient (Wildman–Crippen LogP) is 5.01. The first-order valence-corrected chi connectivity index (χ1v) is 10.7. The minimum atomic E-state index is -0.666. The second-order valence-corrected chi connectivity index (χ2v) is 8.19. The standard InChI is InChI=1S/C23H28Cl2N2O3/c1-5-16(3)26-23(29)17(4)27(13-18-7-6-8-19(24)12-18)22(28)14-30-20-9-10-21(25)15(2)11-20/h6-12,16-17H,5,13-14H2,1-4H3,(H,26,29)/t16-,17+/m1/s1. The number of ether oxygens (including phenoxy) is 1. The number of aryl methyl sites for hydroxylation is 1. The van der Waals surface area contributed by atoms with Crippen molar-refractivity contribution in [3.05, 3.63) is 63.6 Å². The summed E-state index contributed by atoms with van der Waals surface area (Å²) >= 11 is 12.1. The quantitative estimate of drug-likeness (QED) is 0.583.